The number of rotatable bonds is 6. The minimum atomic E-state index is -4.61. The van der Waals surface area contributed by atoms with E-state index in [4.69, 9.17) is 9.15 Å². The first kappa shape index (κ1) is 22.6. The summed E-state index contributed by atoms with van der Waals surface area (Å²) in [6.07, 6.45) is 4.38. The third kappa shape index (κ3) is 3.81. The molecule has 0 radical (unpaired) electrons. The van der Waals surface area contributed by atoms with Gasteiger partial charge in [0, 0.05) is 30.7 Å². The number of alkyl halides is 3. The Bertz CT molecular complexity index is 1160. The van der Waals surface area contributed by atoms with Crippen molar-refractivity contribution in [2.75, 3.05) is 7.11 Å². The van der Waals surface area contributed by atoms with Crippen molar-refractivity contribution < 1.29 is 22.3 Å². The summed E-state index contributed by atoms with van der Waals surface area (Å²) in [6.45, 7) is 5.03. The largest absolute Gasteiger partial charge is 0.440 e. The van der Waals surface area contributed by atoms with Crippen molar-refractivity contribution in [3.63, 3.8) is 0 Å². The van der Waals surface area contributed by atoms with E-state index in [1.165, 1.54) is 30.2 Å². The number of fused-ring (bicyclic) bond motifs is 3. The fraction of sp³-hybridized carbons (Fsp3) is 0.520. The molecule has 2 fully saturated rings. The van der Waals surface area contributed by atoms with E-state index in [1.54, 1.807) is 12.3 Å². The molecule has 33 heavy (non-hydrogen) atoms. The van der Waals surface area contributed by atoms with E-state index in [2.05, 4.69) is 22.6 Å². The lowest BCUT2D eigenvalue weighted by Gasteiger charge is -2.31. The second-order valence-corrected chi connectivity index (χ2v) is 10.5. The quantitative estimate of drug-likeness (QED) is 0.354. The Kier molecular flexibility index (Phi) is 5.64. The smallest absolute Gasteiger partial charge is 0.421 e. The highest BCUT2D eigenvalue weighted by Crippen LogP contribution is 2.50. The van der Waals surface area contributed by atoms with Crippen LogP contribution in [0.5, 0.6) is 0 Å². The van der Waals surface area contributed by atoms with Crippen LogP contribution in [0.2, 0.25) is 0 Å². The van der Waals surface area contributed by atoms with Gasteiger partial charge in [-0.15, -0.1) is 17.9 Å². The second-order valence-electron chi connectivity index (χ2n) is 9.56. The molecule has 5 atom stereocenters. The molecule has 0 spiro atoms. The molecule has 2 aromatic heterocycles. The summed E-state index contributed by atoms with van der Waals surface area (Å²) >= 11 is 1.41. The van der Waals surface area contributed by atoms with Crippen molar-refractivity contribution >= 4 is 22.4 Å². The molecule has 4 nitrogen and oxygen atoms in total. The highest BCUT2D eigenvalue weighted by atomic mass is 32.1. The monoisotopic (exact) mass is 476 g/mol. The maximum atomic E-state index is 14.0. The normalized spacial score (nSPS) is 27.1. The van der Waals surface area contributed by atoms with Crippen LogP contribution in [-0.4, -0.2) is 23.3 Å². The summed E-state index contributed by atoms with van der Waals surface area (Å²) in [5, 5.41) is 2.51. The summed E-state index contributed by atoms with van der Waals surface area (Å²) in [6, 6.07) is 3.07. The van der Waals surface area contributed by atoms with Crippen LogP contribution < -0.4 is 0 Å². The average molecular weight is 477 g/mol. The molecule has 0 aliphatic heterocycles. The van der Waals surface area contributed by atoms with E-state index in [9.17, 15) is 13.2 Å². The maximum Gasteiger partial charge on any atom is 0.421 e. The third-order valence-electron chi connectivity index (χ3n) is 7.63. The number of halogens is 3. The zero-order valence-corrected chi connectivity index (χ0v) is 19.5. The Hall–Kier alpha value is -2.19. The number of allylic oxidation sites excluding steroid dienone is 1. The molecule has 0 N–H and O–H groups in total. The summed E-state index contributed by atoms with van der Waals surface area (Å²) < 4.78 is 53.3. The molecular formula is C25H27F3N2O2S. The predicted octanol–water partition coefficient (Wildman–Crippen LogP) is 7.16. The van der Waals surface area contributed by atoms with Gasteiger partial charge in [-0.25, -0.2) is 9.97 Å². The topological polar surface area (TPSA) is 48.2 Å². The zero-order chi connectivity index (χ0) is 23.4. The molecule has 2 saturated carbocycles. The zero-order valence-electron chi connectivity index (χ0n) is 18.7. The number of aromatic nitrogens is 2. The number of methoxy groups -OCH3 is 1. The van der Waals surface area contributed by atoms with Gasteiger partial charge in [-0.2, -0.15) is 13.2 Å². The van der Waals surface area contributed by atoms with E-state index in [1.807, 2.05) is 5.38 Å². The Balaban J connectivity index is 1.56. The molecule has 176 valence electrons. The van der Waals surface area contributed by atoms with Gasteiger partial charge in [-0.3, -0.25) is 0 Å². The third-order valence-corrected chi connectivity index (χ3v) is 8.44. The number of ether oxygens (including phenoxy) is 1. The Morgan fingerprint density at radius 3 is 2.73 bits per heavy atom. The van der Waals surface area contributed by atoms with Crippen molar-refractivity contribution in [3.05, 3.63) is 47.8 Å². The predicted molar refractivity (Wildman–Crippen MR) is 122 cm³/mol. The Morgan fingerprint density at radius 2 is 2.06 bits per heavy atom. The number of nitrogens with zero attached hydrogens (tertiary/aromatic N) is 2. The van der Waals surface area contributed by atoms with Crippen LogP contribution in [0.4, 0.5) is 13.2 Å². The molecule has 2 bridgehead atoms. The van der Waals surface area contributed by atoms with Crippen molar-refractivity contribution in [1.82, 2.24) is 9.97 Å². The molecule has 5 unspecified atom stereocenters. The first-order valence-electron chi connectivity index (χ1n) is 11.3. The maximum absolute atomic E-state index is 14.0. The minimum Gasteiger partial charge on any atom is -0.440 e. The standard InChI is InChI=1S/C25H27F3N2O2S/c1-4-16-10-14-9-15(12-17(16)11-14)13-20-30-21-19(24(2,31-3)25(26,27)28)6-5-18(22(21)32-20)23-29-7-8-33-23/h4-8,14-17H,1,9-13H2,2-3H3. The van der Waals surface area contributed by atoms with Crippen LogP contribution in [0.3, 0.4) is 0 Å². The number of hydrogen-bond donors (Lipinski definition) is 0. The van der Waals surface area contributed by atoms with Gasteiger partial charge < -0.3 is 9.15 Å². The first-order chi connectivity index (χ1) is 15.7. The molecule has 0 saturated heterocycles. The molecule has 3 aromatic rings. The Morgan fingerprint density at radius 1 is 1.24 bits per heavy atom. The van der Waals surface area contributed by atoms with Crippen LogP contribution in [-0.2, 0) is 16.8 Å². The van der Waals surface area contributed by atoms with Crippen molar-refractivity contribution in [2.24, 2.45) is 23.7 Å². The molecule has 8 heteroatoms. The van der Waals surface area contributed by atoms with E-state index in [-0.39, 0.29) is 11.1 Å². The van der Waals surface area contributed by atoms with Crippen molar-refractivity contribution in [1.29, 1.82) is 0 Å². The summed E-state index contributed by atoms with van der Waals surface area (Å²) in [5.74, 6) is 2.79. The second kappa shape index (κ2) is 8.24. The van der Waals surface area contributed by atoms with Crippen LogP contribution in [0.15, 0.2) is 40.8 Å². The van der Waals surface area contributed by atoms with Gasteiger partial charge in [0.2, 0.25) is 0 Å². The van der Waals surface area contributed by atoms with Gasteiger partial charge >= 0.3 is 6.18 Å². The van der Waals surface area contributed by atoms with Gasteiger partial charge in [0.05, 0.1) is 5.56 Å². The fourth-order valence-corrected chi connectivity index (χ4v) is 6.52. The minimum absolute atomic E-state index is 0.0433. The average Bonchev–Trinajstić information content (AvgIpc) is 3.50. The number of thiazole rings is 1. The highest BCUT2D eigenvalue weighted by molar-refractivity contribution is 7.13. The number of benzene rings is 1. The lowest BCUT2D eigenvalue weighted by molar-refractivity contribution is -0.268. The van der Waals surface area contributed by atoms with Gasteiger partial charge in [0.1, 0.15) is 10.5 Å². The van der Waals surface area contributed by atoms with Crippen LogP contribution in [0, 0.1) is 23.7 Å². The molecule has 2 aliphatic rings. The number of hydrogen-bond acceptors (Lipinski definition) is 5. The summed E-state index contributed by atoms with van der Waals surface area (Å²) in [7, 11) is 1.07. The lowest BCUT2D eigenvalue weighted by Crippen LogP contribution is -2.41. The van der Waals surface area contributed by atoms with Crippen molar-refractivity contribution in [2.45, 2.75) is 50.8 Å². The van der Waals surface area contributed by atoms with Gasteiger partial charge in [-0.1, -0.05) is 12.1 Å². The Labute approximate surface area is 194 Å². The summed E-state index contributed by atoms with van der Waals surface area (Å²) in [4.78, 5) is 8.96. The van der Waals surface area contributed by atoms with E-state index < -0.39 is 11.8 Å². The molecule has 2 aliphatic carbocycles. The van der Waals surface area contributed by atoms with Crippen LogP contribution in [0.1, 0.15) is 44.1 Å². The van der Waals surface area contributed by atoms with E-state index in [0.717, 1.165) is 26.9 Å². The van der Waals surface area contributed by atoms with Gasteiger partial charge in [0.25, 0.3) is 0 Å². The van der Waals surface area contributed by atoms with Crippen LogP contribution >= 0.6 is 11.3 Å². The fourth-order valence-electron chi connectivity index (χ4n) is 5.86. The lowest BCUT2D eigenvalue weighted by atomic mass is 9.78. The SMILES string of the molecule is C=CC1CC2CC(Cc3nc4c(C(C)(OC)C(F)(F)F)ccc(-c5nccs5)c4o3)CC1C2. The van der Waals surface area contributed by atoms with Gasteiger partial charge in [-0.05, 0) is 62.3 Å². The van der Waals surface area contributed by atoms with Crippen molar-refractivity contribution in [3.8, 4) is 10.6 Å². The van der Waals surface area contributed by atoms with E-state index >= 15 is 0 Å². The van der Waals surface area contributed by atoms with Crippen LogP contribution in [0.25, 0.3) is 21.7 Å². The summed E-state index contributed by atoms with van der Waals surface area (Å²) in [5.41, 5.74) is -1.35. The van der Waals surface area contributed by atoms with Gasteiger partial charge in [0.15, 0.2) is 17.1 Å². The molecule has 1 aromatic carbocycles. The molecule has 5 rings (SSSR count). The molecule has 0 amide bonds. The number of oxazole rings is 1. The molecule has 2 heterocycles. The highest BCUT2D eigenvalue weighted by Gasteiger charge is 2.54. The first-order valence-corrected chi connectivity index (χ1v) is 12.2. The van der Waals surface area contributed by atoms with E-state index in [0.29, 0.717) is 52.1 Å². The molecular weight excluding hydrogens is 449 g/mol.